The van der Waals surface area contributed by atoms with Crippen molar-refractivity contribution in [3.63, 3.8) is 0 Å². The first-order chi connectivity index (χ1) is 7.63. The molecule has 2 unspecified atom stereocenters. The summed E-state index contributed by atoms with van der Waals surface area (Å²) in [6.45, 7) is 4.26. The third-order valence-electron chi connectivity index (χ3n) is 3.04. The Hall–Kier alpha value is -0.450. The minimum atomic E-state index is -0.306. The van der Waals surface area contributed by atoms with E-state index in [-0.39, 0.29) is 12.2 Å². The average molecular weight is 241 g/mol. The molecule has 0 saturated heterocycles. The summed E-state index contributed by atoms with van der Waals surface area (Å²) >= 11 is 1.62. The van der Waals surface area contributed by atoms with Gasteiger partial charge in [0.15, 0.2) is 0 Å². The minimum absolute atomic E-state index is 0.0581. The second kappa shape index (κ2) is 4.82. The normalized spacial score (nSPS) is 22.2. The summed E-state index contributed by atoms with van der Waals surface area (Å²) in [6, 6.07) is 0. The third kappa shape index (κ3) is 2.14. The van der Waals surface area contributed by atoms with Crippen LogP contribution >= 0.6 is 11.3 Å². The molecule has 0 radical (unpaired) electrons. The van der Waals surface area contributed by atoms with Crippen molar-refractivity contribution in [1.29, 1.82) is 0 Å². The summed E-state index contributed by atoms with van der Waals surface area (Å²) in [4.78, 5) is 5.69. The third-order valence-corrected chi connectivity index (χ3v) is 4.30. The second-order valence-electron chi connectivity index (χ2n) is 4.67. The molecule has 1 aromatic rings. The lowest BCUT2D eigenvalue weighted by Gasteiger charge is -2.16. The Morgan fingerprint density at radius 1 is 1.50 bits per heavy atom. The molecule has 4 heteroatoms. The molecule has 0 aliphatic heterocycles. The minimum Gasteiger partial charge on any atom is -0.388 e. The molecular formula is C12H19NO2S. The first-order valence-corrected chi connectivity index (χ1v) is 6.65. The van der Waals surface area contributed by atoms with E-state index in [2.05, 4.69) is 18.8 Å². The van der Waals surface area contributed by atoms with Crippen molar-refractivity contribution < 1.29 is 9.84 Å². The maximum absolute atomic E-state index is 9.90. The molecular weight excluding hydrogens is 222 g/mol. The number of aromatic nitrogens is 1. The van der Waals surface area contributed by atoms with Crippen molar-refractivity contribution in [1.82, 2.24) is 4.98 Å². The molecule has 0 saturated carbocycles. The summed E-state index contributed by atoms with van der Waals surface area (Å²) in [5, 5.41) is 10.9. The van der Waals surface area contributed by atoms with Crippen LogP contribution < -0.4 is 0 Å². The van der Waals surface area contributed by atoms with Gasteiger partial charge in [-0.15, -0.1) is 11.3 Å². The van der Waals surface area contributed by atoms with Crippen LogP contribution in [0.15, 0.2) is 0 Å². The number of aryl methyl sites for hydroxylation is 1. The zero-order valence-electron chi connectivity index (χ0n) is 10.1. The van der Waals surface area contributed by atoms with E-state index in [9.17, 15) is 5.11 Å². The average Bonchev–Trinajstić information content (AvgIpc) is 2.63. The summed E-state index contributed by atoms with van der Waals surface area (Å²) in [5.74, 6) is 0.412. The first-order valence-electron chi connectivity index (χ1n) is 5.83. The summed E-state index contributed by atoms with van der Waals surface area (Å²) in [5.41, 5.74) is 1.08. The van der Waals surface area contributed by atoms with Crippen LogP contribution in [0.4, 0.5) is 0 Å². The highest BCUT2D eigenvalue weighted by molar-refractivity contribution is 7.11. The maximum Gasteiger partial charge on any atom is 0.122 e. The quantitative estimate of drug-likeness (QED) is 0.884. The Morgan fingerprint density at radius 3 is 2.81 bits per heavy atom. The van der Waals surface area contributed by atoms with Gasteiger partial charge in [0.05, 0.1) is 16.7 Å². The molecule has 1 aliphatic carbocycles. The van der Waals surface area contributed by atoms with Crippen LogP contribution in [0.3, 0.4) is 0 Å². The summed E-state index contributed by atoms with van der Waals surface area (Å²) in [7, 11) is 1.72. The van der Waals surface area contributed by atoms with Gasteiger partial charge in [-0.25, -0.2) is 4.98 Å². The van der Waals surface area contributed by atoms with Crippen LogP contribution in [0.5, 0.6) is 0 Å². The second-order valence-corrected chi connectivity index (χ2v) is 5.73. The lowest BCUT2D eigenvalue weighted by molar-refractivity contribution is 0.0643. The Labute approximate surface area is 100 Å². The van der Waals surface area contributed by atoms with Gasteiger partial charge in [-0.1, -0.05) is 13.8 Å². The molecule has 1 N–H and O–H groups in total. The zero-order valence-corrected chi connectivity index (χ0v) is 10.9. The Bertz CT molecular complexity index is 362. The van der Waals surface area contributed by atoms with Crippen LogP contribution in [0.2, 0.25) is 0 Å². The molecule has 1 aliphatic rings. The molecule has 0 aromatic carbocycles. The van der Waals surface area contributed by atoms with Gasteiger partial charge in [0, 0.05) is 7.11 Å². The number of nitrogens with zero attached hydrogens (tertiary/aromatic N) is 1. The SMILES string of the molecule is COC(c1nc2c(s1)C(O)CCC2)C(C)C. The lowest BCUT2D eigenvalue weighted by Crippen LogP contribution is -2.09. The van der Waals surface area contributed by atoms with E-state index >= 15 is 0 Å². The first kappa shape index (κ1) is 12.0. The molecule has 0 fully saturated rings. The van der Waals surface area contributed by atoms with Gasteiger partial charge in [0.25, 0.3) is 0 Å². The molecule has 16 heavy (non-hydrogen) atoms. The fraction of sp³-hybridized carbons (Fsp3) is 0.750. The fourth-order valence-electron chi connectivity index (χ4n) is 2.20. The molecule has 2 atom stereocenters. The van der Waals surface area contributed by atoms with Crippen molar-refractivity contribution in [2.75, 3.05) is 7.11 Å². The molecule has 1 heterocycles. The number of hydrogen-bond acceptors (Lipinski definition) is 4. The highest BCUT2D eigenvalue weighted by Crippen LogP contribution is 2.38. The molecule has 0 bridgehead atoms. The van der Waals surface area contributed by atoms with E-state index in [0.29, 0.717) is 5.92 Å². The van der Waals surface area contributed by atoms with Crippen molar-refractivity contribution in [2.24, 2.45) is 5.92 Å². The molecule has 3 nitrogen and oxygen atoms in total. The van der Waals surface area contributed by atoms with Crippen molar-refractivity contribution in [3.05, 3.63) is 15.6 Å². The van der Waals surface area contributed by atoms with Gasteiger partial charge in [0.1, 0.15) is 11.1 Å². The van der Waals surface area contributed by atoms with Crippen molar-refractivity contribution in [3.8, 4) is 0 Å². The Morgan fingerprint density at radius 2 is 2.25 bits per heavy atom. The van der Waals surface area contributed by atoms with Gasteiger partial charge >= 0.3 is 0 Å². The number of hydrogen-bond donors (Lipinski definition) is 1. The van der Waals surface area contributed by atoms with Crippen LogP contribution in [0, 0.1) is 5.92 Å². The molecule has 0 amide bonds. The number of aliphatic hydroxyl groups is 1. The van der Waals surface area contributed by atoms with Gasteiger partial charge in [-0.2, -0.15) is 0 Å². The van der Waals surface area contributed by atoms with Gasteiger partial charge in [-0.3, -0.25) is 0 Å². The van der Waals surface area contributed by atoms with Gasteiger partial charge in [0.2, 0.25) is 0 Å². The van der Waals surface area contributed by atoms with Crippen LogP contribution in [-0.2, 0) is 11.2 Å². The van der Waals surface area contributed by atoms with Crippen LogP contribution in [-0.4, -0.2) is 17.2 Å². The predicted octanol–water partition coefficient (Wildman–Crippen LogP) is 2.86. The number of ether oxygens (including phenoxy) is 1. The summed E-state index contributed by atoms with van der Waals surface area (Å²) in [6.07, 6.45) is 2.66. The molecule has 2 rings (SSSR count). The van der Waals surface area contributed by atoms with E-state index < -0.39 is 0 Å². The number of thiazole rings is 1. The zero-order chi connectivity index (χ0) is 11.7. The number of methoxy groups -OCH3 is 1. The monoisotopic (exact) mass is 241 g/mol. The molecule has 1 aromatic heterocycles. The smallest absolute Gasteiger partial charge is 0.122 e. The Balaban J connectivity index is 2.29. The standard InChI is InChI=1S/C12H19NO2S/c1-7(2)10(15-3)12-13-8-5-4-6-9(14)11(8)16-12/h7,9-10,14H,4-6H2,1-3H3. The van der Waals surface area contributed by atoms with Crippen molar-refractivity contribution in [2.45, 2.75) is 45.3 Å². The fourth-order valence-corrected chi connectivity index (χ4v) is 3.58. The van der Waals surface area contributed by atoms with Crippen molar-refractivity contribution >= 4 is 11.3 Å². The van der Waals surface area contributed by atoms with Crippen LogP contribution in [0.1, 0.15) is 54.5 Å². The maximum atomic E-state index is 9.90. The number of rotatable bonds is 3. The van der Waals surface area contributed by atoms with Gasteiger partial charge < -0.3 is 9.84 Å². The predicted molar refractivity (Wildman–Crippen MR) is 64.6 cm³/mol. The van der Waals surface area contributed by atoms with E-state index in [0.717, 1.165) is 34.8 Å². The summed E-state index contributed by atoms with van der Waals surface area (Å²) < 4.78 is 5.48. The molecule has 0 spiro atoms. The lowest BCUT2D eigenvalue weighted by atomic mass is 10.0. The van der Waals surface area contributed by atoms with E-state index in [1.807, 2.05) is 0 Å². The topological polar surface area (TPSA) is 42.4 Å². The molecule has 90 valence electrons. The van der Waals surface area contributed by atoms with E-state index in [1.54, 1.807) is 18.4 Å². The highest BCUT2D eigenvalue weighted by atomic mass is 32.1. The van der Waals surface area contributed by atoms with Crippen LogP contribution in [0.25, 0.3) is 0 Å². The largest absolute Gasteiger partial charge is 0.388 e. The number of aliphatic hydroxyl groups excluding tert-OH is 1. The number of fused-ring (bicyclic) bond motifs is 1. The highest BCUT2D eigenvalue weighted by Gasteiger charge is 2.26. The van der Waals surface area contributed by atoms with E-state index in [1.165, 1.54) is 0 Å². The van der Waals surface area contributed by atoms with Gasteiger partial charge in [-0.05, 0) is 25.2 Å². The Kier molecular flexibility index (Phi) is 3.62. The van der Waals surface area contributed by atoms with E-state index in [4.69, 9.17) is 4.74 Å².